The highest BCUT2D eigenvalue weighted by Gasteiger charge is 2.29. The molecular formula is C18H24N2O4S. The second-order valence-corrected chi connectivity index (χ2v) is 9.36. The van der Waals surface area contributed by atoms with Crippen LogP contribution in [-0.4, -0.2) is 55.8 Å². The number of benzene rings is 1. The maximum absolute atomic E-state index is 12.6. The molecule has 0 bridgehead atoms. The van der Waals surface area contributed by atoms with Crippen LogP contribution in [0.25, 0.3) is 0 Å². The van der Waals surface area contributed by atoms with Gasteiger partial charge in [0.15, 0.2) is 9.84 Å². The highest BCUT2D eigenvalue weighted by Crippen LogP contribution is 2.19. The maximum atomic E-state index is 12.6. The van der Waals surface area contributed by atoms with Crippen LogP contribution >= 0.6 is 0 Å². The van der Waals surface area contributed by atoms with Crippen LogP contribution in [0.3, 0.4) is 0 Å². The summed E-state index contributed by atoms with van der Waals surface area (Å²) in [5, 5.41) is 2.76. The molecule has 2 aliphatic rings. The summed E-state index contributed by atoms with van der Waals surface area (Å²) >= 11 is 0. The smallest absolute Gasteiger partial charge is 0.253 e. The number of hydrogen-bond acceptors (Lipinski definition) is 4. The lowest BCUT2D eigenvalue weighted by molar-refractivity contribution is 0.0697. The number of nitrogens with zero attached hydrogens (tertiary/aromatic N) is 1. The quantitative estimate of drug-likeness (QED) is 0.880. The van der Waals surface area contributed by atoms with Crippen molar-refractivity contribution >= 4 is 21.7 Å². The minimum absolute atomic E-state index is 0.0106. The fourth-order valence-electron chi connectivity index (χ4n) is 3.37. The maximum Gasteiger partial charge on any atom is 0.253 e. The number of sulfone groups is 1. The van der Waals surface area contributed by atoms with E-state index in [0.717, 1.165) is 25.9 Å². The van der Waals surface area contributed by atoms with Gasteiger partial charge in [0.1, 0.15) is 0 Å². The molecule has 7 heteroatoms. The summed E-state index contributed by atoms with van der Waals surface area (Å²) in [4.78, 5) is 26.8. The molecule has 0 aliphatic carbocycles. The Hall–Kier alpha value is -1.89. The molecule has 1 aromatic carbocycles. The topological polar surface area (TPSA) is 83.6 Å². The van der Waals surface area contributed by atoms with Gasteiger partial charge in [-0.1, -0.05) is 13.0 Å². The first-order valence-corrected chi connectivity index (χ1v) is 10.6. The standard InChI is InChI=1S/C18H24N2O4S/c1-13-5-8-20(9-6-13)18(22)15-4-2-3-14(11-15)17(21)19-16-7-10-25(23,24)12-16/h2-4,11,13,16H,5-10,12H2,1H3,(H,19,21). The monoisotopic (exact) mass is 364 g/mol. The Morgan fingerprint density at radius 1 is 1.12 bits per heavy atom. The van der Waals surface area contributed by atoms with Crippen LogP contribution in [0.15, 0.2) is 24.3 Å². The molecule has 2 amide bonds. The van der Waals surface area contributed by atoms with Crippen molar-refractivity contribution in [2.45, 2.75) is 32.2 Å². The first kappa shape index (κ1) is 17.9. The van der Waals surface area contributed by atoms with Crippen molar-refractivity contribution in [1.29, 1.82) is 0 Å². The van der Waals surface area contributed by atoms with E-state index in [1.807, 2.05) is 4.90 Å². The van der Waals surface area contributed by atoms with Crippen LogP contribution in [0.4, 0.5) is 0 Å². The van der Waals surface area contributed by atoms with Gasteiger partial charge >= 0.3 is 0 Å². The Bertz CT molecular complexity index is 767. The van der Waals surface area contributed by atoms with Crippen LogP contribution in [0, 0.1) is 5.92 Å². The zero-order valence-electron chi connectivity index (χ0n) is 14.4. The molecule has 1 aromatic rings. The third kappa shape index (κ3) is 4.39. The van der Waals surface area contributed by atoms with E-state index in [0.29, 0.717) is 23.5 Å². The highest BCUT2D eigenvalue weighted by molar-refractivity contribution is 7.91. The van der Waals surface area contributed by atoms with Crippen LogP contribution in [0.1, 0.15) is 46.9 Å². The van der Waals surface area contributed by atoms with Crippen LogP contribution in [0.2, 0.25) is 0 Å². The summed E-state index contributed by atoms with van der Waals surface area (Å²) in [5.74, 6) is 0.366. The SMILES string of the molecule is CC1CCN(C(=O)c2cccc(C(=O)NC3CCS(=O)(=O)C3)c2)CC1. The fourth-order valence-corrected chi connectivity index (χ4v) is 5.04. The van der Waals surface area contributed by atoms with Crippen molar-refractivity contribution in [3.05, 3.63) is 35.4 Å². The third-order valence-electron chi connectivity index (χ3n) is 5.01. The van der Waals surface area contributed by atoms with Gasteiger partial charge in [0.2, 0.25) is 0 Å². The van der Waals surface area contributed by atoms with Crippen molar-refractivity contribution in [2.24, 2.45) is 5.92 Å². The van der Waals surface area contributed by atoms with E-state index in [1.54, 1.807) is 24.3 Å². The van der Waals surface area contributed by atoms with Gasteiger partial charge in [-0.05, 0) is 43.4 Å². The molecule has 1 N–H and O–H groups in total. The lowest BCUT2D eigenvalue weighted by atomic mass is 9.98. The lowest BCUT2D eigenvalue weighted by Crippen LogP contribution is -2.38. The number of carbonyl (C=O) groups excluding carboxylic acids is 2. The summed E-state index contributed by atoms with van der Waals surface area (Å²) in [7, 11) is -3.04. The lowest BCUT2D eigenvalue weighted by Gasteiger charge is -2.30. The molecule has 0 spiro atoms. The molecule has 2 aliphatic heterocycles. The number of piperidine rings is 1. The normalized spacial score (nSPS) is 23.4. The molecule has 0 aromatic heterocycles. The molecule has 25 heavy (non-hydrogen) atoms. The predicted octanol–water partition coefficient (Wildman–Crippen LogP) is 1.48. The van der Waals surface area contributed by atoms with Crippen LogP contribution in [0.5, 0.6) is 0 Å². The van der Waals surface area contributed by atoms with E-state index in [1.165, 1.54) is 0 Å². The molecule has 2 saturated heterocycles. The molecule has 1 atom stereocenters. The summed E-state index contributed by atoms with van der Waals surface area (Å²) in [5.41, 5.74) is 0.891. The Morgan fingerprint density at radius 3 is 2.44 bits per heavy atom. The predicted molar refractivity (Wildman–Crippen MR) is 95.3 cm³/mol. The Morgan fingerprint density at radius 2 is 1.80 bits per heavy atom. The van der Waals surface area contributed by atoms with E-state index >= 15 is 0 Å². The van der Waals surface area contributed by atoms with Crippen LogP contribution in [-0.2, 0) is 9.84 Å². The number of carbonyl (C=O) groups is 2. The van der Waals surface area contributed by atoms with Crippen molar-refractivity contribution < 1.29 is 18.0 Å². The van der Waals surface area contributed by atoms with E-state index in [-0.39, 0.29) is 29.4 Å². The van der Waals surface area contributed by atoms with Gasteiger partial charge in [-0.15, -0.1) is 0 Å². The summed E-state index contributed by atoms with van der Waals surface area (Å²) in [6.45, 7) is 3.68. The first-order valence-electron chi connectivity index (χ1n) is 8.75. The number of hydrogen-bond donors (Lipinski definition) is 1. The average molecular weight is 364 g/mol. The van der Waals surface area contributed by atoms with Crippen molar-refractivity contribution in [3.63, 3.8) is 0 Å². The van der Waals surface area contributed by atoms with Crippen molar-refractivity contribution in [2.75, 3.05) is 24.6 Å². The molecule has 1 unspecified atom stereocenters. The van der Waals surface area contributed by atoms with Gasteiger partial charge in [-0.3, -0.25) is 9.59 Å². The molecular weight excluding hydrogens is 340 g/mol. The molecule has 2 heterocycles. The first-order chi connectivity index (χ1) is 11.8. The average Bonchev–Trinajstić information content (AvgIpc) is 2.93. The van der Waals surface area contributed by atoms with E-state index in [9.17, 15) is 18.0 Å². The number of rotatable bonds is 3. The van der Waals surface area contributed by atoms with E-state index < -0.39 is 9.84 Å². The zero-order chi connectivity index (χ0) is 18.0. The van der Waals surface area contributed by atoms with Gasteiger partial charge in [0.25, 0.3) is 11.8 Å². The van der Waals surface area contributed by atoms with Crippen molar-refractivity contribution in [3.8, 4) is 0 Å². The fraction of sp³-hybridized carbons (Fsp3) is 0.556. The van der Waals surface area contributed by atoms with E-state index in [2.05, 4.69) is 12.2 Å². The number of amides is 2. The second kappa shape index (κ2) is 7.15. The third-order valence-corrected chi connectivity index (χ3v) is 6.78. The molecule has 3 rings (SSSR count). The minimum Gasteiger partial charge on any atom is -0.348 e. The summed E-state index contributed by atoms with van der Waals surface area (Å²) in [6, 6.07) is 6.31. The van der Waals surface area contributed by atoms with Crippen molar-refractivity contribution in [1.82, 2.24) is 10.2 Å². The Kier molecular flexibility index (Phi) is 5.13. The molecule has 0 saturated carbocycles. The molecule has 0 radical (unpaired) electrons. The Balaban J connectivity index is 1.66. The zero-order valence-corrected chi connectivity index (χ0v) is 15.2. The minimum atomic E-state index is -3.04. The van der Waals surface area contributed by atoms with Gasteiger partial charge in [-0.2, -0.15) is 0 Å². The van der Waals surface area contributed by atoms with Gasteiger partial charge in [0.05, 0.1) is 11.5 Å². The largest absolute Gasteiger partial charge is 0.348 e. The van der Waals surface area contributed by atoms with Gasteiger partial charge in [-0.25, -0.2) is 8.42 Å². The molecule has 6 nitrogen and oxygen atoms in total. The molecule has 2 fully saturated rings. The second-order valence-electron chi connectivity index (χ2n) is 7.13. The highest BCUT2D eigenvalue weighted by atomic mass is 32.2. The summed E-state index contributed by atoms with van der Waals surface area (Å²) < 4.78 is 23.0. The number of likely N-dealkylation sites (tertiary alicyclic amines) is 1. The molecule has 136 valence electrons. The van der Waals surface area contributed by atoms with Crippen LogP contribution < -0.4 is 5.32 Å². The summed E-state index contributed by atoms with van der Waals surface area (Å²) in [6.07, 6.45) is 2.45. The van der Waals surface area contributed by atoms with Gasteiger partial charge in [0, 0.05) is 30.3 Å². The Labute approximate surface area is 148 Å². The van der Waals surface area contributed by atoms with Gasteiger partial charge < -0.3 is 10.2 Å². The number of nitrogens with one attached hydrogen (secondary N) is 1. The van der Waals surface area contributed by atoms with E-state index in [4.69, 9.17) is 0 Å².